The molecule has 146 valence electrons. The van der Waals surface area contributed by atoms with Crippen molar-refractivity contribution < 1.29 is 13.2 Å². The first kappa shape index (κ1) is 17.2. The summed E-state index contributed by atoms with van der Waals surface area (Å²) in [5, 5.41) is 0. The third kappa shape index (κ3) is 3.12. The minimum Gasteiger partial charge on any atom is -0.353 e. The third-order valence-corrected chi connectivity index (χ3v) is 5.15. The van der Waals surface area contributed by atoms with E-state index in [1.807, 2.05) is 11.0 Å². The fourth-order valence-corrected chi connectivity index (χ4v) is 3.49. The molecule has 0 bridgehead atoms. The van der Waals surface area contributed by atoms with Crippen LogP contribution in [0.15, 0.2) is 30.9 Å². The number of halogens is 3. The molecule has 28 heavy (non-hydrogen) atoms. The van der Waals surface area contributed by atoms with E-state index in [-0.39, 0.29) is 5.65 Å². The Labute approximate surface area is 158 Å². The maximum atomic E-state index is 13.0. The first-order valence-corrected chi connectivity index (χ1v) is 9.23. The van der Waals surface area contributed by atoms with Crippen LogP contribution in [0.25, 0.3) is 5.65 Å². The molecule has 5 rings (SSSR count). The SMILES string of the molecule is FC(F)(F)c1cn2ccnc(N3CCN(c4ccnc(C5CC5)n4)CC3)c2n1. The summed E-state index contributed by atoms with van der Waals surface area (Å²) >= 11 is 0. The van der Waals surface area contributed by atoms with Gasteiger partial charge in [0.25, 0.3) is 0 Å². The van der Waals surface area contributed by atoms with Crippen molar-refractivity contribution in [2.24, 2.45) is 0 Å². The van der Waals surface area contributed by atoms with Crippen molar-refractivity contribution >= 4 is 17.3 Å². The number of aromatic nitrogens is 5. The van der Waals surface area contributed by atoms with Gasteiger partial charge in [0.05, 0.1) is 0 Å². The molecule has 0 radical (unpaired) electrons. The second kappa shape index (κ2) is 6.32. The molecule has 3 aromatic rings. The Morgan fingerprint density at radius 3 is 2.39 bits per heavy atom. The average Bonchev–Trinajstić information content (AvgIpc) is 3.45. The number of piperazine rings is 1. The number of nitrogens with zero attached hydrogens (tertiary/aromatic N) is 7. The van der Waals surface area contributed by atoms with Gasteiger partial charge in [0, 0.05) is 56.9 Å². The van der Waals surface area contributed by atoms with Crippen molar-refractivity contribution in [3.63, 3.8) is 0 Å². The summed E-state index contributed by atoms with van der Waals surface area (Å²) in [6, 6.07) is 1.91. The molecular weight excluding hydrogens is 371 g/mol. The molecule has 0 aromatic carbocycles. The lowest BCUT2D eigenvalue weighted by Crippen LogP contribution is -2.47. The summed E-state index contributed by atoms with van der Waals surface area (Å²) in [7, 11) is 0. The second-order valence-corrected chi connectivity index (χ2v) is 7.13. The largest absolute Gasteiger partial charge is 0.434 e. The van der Waals surface area contributed by atoms with Crippen LogP contribution in [0.3, 0.4) is 0 Å². The van der Waals surface area contributed by atoms with Crippen molar-refractivity contribution in [2.75, 3.05) is 36.0 Å². The molecule has 3 aromatic heterocycles. The highest BCUT2D eigenvalue weighted by Gasteiger charge is 2.35. The van der Waals surface area contributed by atoms with Gasteiger partial charge in [-0.3, -0.25) is 0 Å². The molecule has 10 heteroatoms. The molecule has 0 amide bonds. The van der Waals surface area contributed by atoms with E-state index in [1.165, 1.54) is 16.8 Å². The van der Waals surface area contributed by atoms with Crippen LogP contribution >= 0.6 is 0 Å². The van der Waals surface area contributed by atoms with Gasteiger partial charge in [0.15, 0.2) is 17.2 Å². The van der Waals surface area contributed by atoms with Crippen LogP contribution in [0.4, 0.5) is 24.8 Å². The van der Waals surface area contributed by atoms with Crippen molar-refractivity contribution in [3.05, 3.63) is 42.4 Å². The van der Waals surface area contributed by atoms with Gasteiger partial charge in [-0.2, -0.15) is 13.2 Å². The van der Waals surface area contributed by atoms with Crippen LogP contribution < -0.4 is 9.80 Å². The van der Waals surface area contributed by atoms with Crippen molar-refractivity contribution in [1.29, 1.82) is 0 Å². The molecule has 1 aliphatic carbocycles. The average molecular weight is 389 g/mol. The maximum absolute atomic E-state index is 13.0. The van der Waals surface area contributed by atoms with Crippen LogP contribution in [-0.4, -0.2) is 50.5 Å². The quantitative estimate of drug-likeness (QED) is 0.687. The zero-order chi connectivity index (χ0) is 19.3. The molecule has 1 aliphatic heterocycles. The molecule has 1 saturated heterocycles. The van der Waals surface area contributed by atoms with E-state index in [0.717, 1.165) is 30.7 Å². The van der Waals surface area contributed by atoms with Gasteiger partial charge in [0.1, 0.15) is 11.6 Å². The van der Waals surface area contributed by atoms with Crippen LogP contribution in [0, 0.1) is 0 Å². The fourth-order valence-electron chi connectivity index (χ4n) is 3.49. The van der Waals surface area contributed by atoms with E-state index < -0.39 is 11.9 Å². The van der Waals surface area contributed by atoms with Crippen molar-refractivity contribution in [1.82, 2.24) is 24.3 Å². The van der Waals surface area contributed by atoms with E-state index in [9.17, 15) is 13.2 Å². The lowest BCUT2D eigenvalue weighted by molar-refractivity contribution is -0.140. The lowest BCUT2D eigenvalue weighted by Gasteiger charge is -2.36. The normalized spacial score (nSPS) is 18.1. The Bertz CT molecular complexity index is 1000. The van der Waals surface area contributed by atoms with Gasteiger partial charge >= 0.3 is 6.18 Å². The number of rotatable bonds is 3. The summed E-state index contributed by atoms with van der Waals surface area (Å²) in [5.41, 5.74) is -0.685. The number of alkyl halides is 3. The Morgan fingerprint density at radius 2 is 1.68 bits per heavy atom. The van der Waals surface area contributed by atoms with E-state index in [4.69, 9.17) is 0 Å². The molecule has 2 fully saturated rings. The fraction of sp³-hybridized carbons (Fsp3) is 0.444. The lowest BCUT2D eigenvalue weighted by atomic mass is 10.3. The van der Waals surface area contributed by atoms with Crippen LogP contribution in [-0.2, 0) is 6.18 Å². The zero-order valence-corrected chi connectivity index (χ0v) is 15.0. The van der Waals surface area contributed by atoms with Gasteiger partial charge < -0.3 is 14.2 Å². The number of imidazole rings is 1. The molecule has 2 aliphatic rings. The summed E-state index contributed by atoms with van der Waals surface area (Å²) in [6.07, 6.45) is 3.61. The van der Waals surface area contributed by atoms with E-state index in [0.29, 0.717) is 37.9 Å². The van der Waals surface area contributed by atoms with E-state index in [1.54, 1.807) is 6.20 Å². The van der Waals surface area contributed by atoms with Gasteiger partial charge in [-0.05, 0) is 18.9 Å². The highest BCUT2D eigenvalue weighted by Crippen LogP contribution is 2.38. The molecular formula is C18H18F3N7. The monoisotopic (exact) mass is 389 g/mol. The first-order chi connectivity index (χ1) is 13.5. The van der Waals surface area contributed by atoms with Crippen molar-refractivity contribution in [3.8, 4) is 0 Å². The Hall–Kier alpha value is -2.91. The number of fused-ring (bicyclic) bond motifs is 1. The summed E-state index contributed by atoms with van der Waals surface area (Å²) in [6.45, 7) is 2.67. The maximum Gasteiger partial charge on any atom is 0.434 e. The highest BCUT2D eigenvalue weighted by molar-refractivity contribution is 5.65. The number of hydrogen-bond donors (Lipinski definition) is 0. The summed E-state index contributed by atoms with van der Waals surface area (Å²) in [4.78, 5) is 21.3. The zero-order valence-electron chi connectivity index (χ0n) is 15.0. The summed E-state index contributed by atoms with van der Waals surface area (Å²) < 4.78 is 40.4. The minimum absolute atomic E-state index is 0.223. The Kier molecular flexibility index (Phi) is 3.88. The highest BCUT2D eigenvalue weighted by atomic mass is 19.4. The number of anilines is 2. The van der Waals surface area contributed by atoms with Gasteiger partial charge in [-0.25, -0.2) is 19.9 Å². The predicted octanol–water partition coefficient (Wildman–Crippen LogP) is 2.74. The smallest absolute Gasteiger partial charge is 0.353 e. The predicted molar refractivity (Wildman–Crippen MR) is 96.4 cm³/mol. The van der Waals surface area contributed by atoms with Gasteiger partial charge in [-0.15, -0.1) is 0 Å². The first-order valence-electron chi connectivity index (χ1n) is 9.23. The molecule has 0 unspecified atom stereocenters. The third-order valence-electron chi connectivity index (χ3n) is 5.15. The van der Waals surface area contributed by atoms with E-state index in [2.05, 4.69) is 24.8 Å². The Balaban J connectivity index is 1.35. The van der Waals surface area contributed by atoms with Gasteiger partial charge in [-0.1, -0.05) is 0 Å². The number of hydrogen-bond acceptors (Lipinski definition) is 6. The summed E-state index contributed by atoms with van der Waals surface area (Å²) in [5.74, 6) is 2.77. The topological polar surface area (TPSA) is 62.5 Å². The molecule has 0 N–H and O–H groups in total. The molecule has 4 heterocycles. The second-order valence-electron chi connectivity index (χ2n) is 7.13. The van der Waals surface area contributed by atoms with Crippen LogP contribution in [0.1, 0.15) is 30.3 Å². The minimum atomic E-state index is -4.48. The van der Waals surface area contributed by atoms with Gasteiger partial charge in [0.2, 0.25) is 0 Å². The van der Waals surface area contributed by atoms with Crippen LogP contribution in [0.5, 0.6) is 0 Å². The molecule has 0 atom stereocenters. The standard InChI is InChI=1S/C18H18F3N7/c19-18(20,21)13-11-28-6-5-23-16(17(28)24-13)27-9-7-26(8-10-27)14-3-4-22-15(25-14)12-1-2-12/h3-6,11-12H,1-2,7-10H2. The molecule has 7 nitrogen and oxygen atoms in total. The van der Waals surface area contributed by atoms with Crippen LogP contribution in [0.2, 0.25) is 0 Å². The van der Waals surface area contributed by atoms with E-state index >= 15 is 0 Å². The molecule has 0 spiro atoms. The van der Waals surface area contributed by atoms with Crippen molar-refractivity contribution in [2.45, 2.75) is 24.9 Å². The Morgan fingerprint density at radius 1 is 0.929 bits per heavy atom. The molecule has 1 saturated carbocycles.